The fourth-order valence-electron chi connectivity index (χ4n) is 4.41. The number of nitrogens with zero attached hydrogens (tertiary/aromatic N) is 1. The molecule has 6 heteroatoms. The van der Waals surface area contributed by atoms with Gasteiger partial charge >= 0.3 is 0 Å². The van der Waals surface area contributed by atoms with E-state index in [1.807, 2.05) is 17.1 Å². The van der Waals surface area contributed by atoms with Crippen LogP contribution in [0.2, 0.25) is 0 Å². The molecule has 2 saturated heterocycles. The SMILES string of the molecule is CCCN1C[C@]23C=CC(O2)C(C(=O)NCCc2sccc2C)C3C1=O. The fraction of sp³-hybridized carbons (Fsp3) is 0.579. The molecule has 0 aromatic carbocycles. The molecule has 1 spiro atoms. The molecule has 3 unspecified atom stereocenters. The lowest BCUT2D eigenvalue weighted by atomic mass is 9.77. The third-order valence-corrected chi connectivity index (χ3v) is 6.68. The zero-order valence-corrected chi connectivity index (χ0v) is 15.5. The van der Waals surface area contributed by atoms with Gasteiger partial charge in [0.15, 0.2) is 0 Å². The van der Waals surface area contributed by atoms with E-state index in [4.69, 9.17) is 4.74 Å². The predicted molar refractivity (Wildman–Crippen MR) is 96.4 cm³/mol. The van der Waals surface area contributed by atoms with Crippen LogP contribution < -0.4 is 5.32 Å². The molecule has 4 rings (SSSR count). The van der Waals surface area contributed by atoms with Gasteiger partial charge in [-0.05, 0) is 36.8 Å². The van der Waals surface area contributed by atoms with Gasteiger partial charge in [-0.2, -0.15) is 0 Å². The summed E-state index contributed by atoms with van der Waals surface area (Å²) in [6, 6.07) is 2.10. The zero-order valence-electron chi connectivity index (χ0n) is 14.7. The van der Waals surface area contributed by atoms with Crippen molar-refractivity contribution in [3.8, 4) is 0 Å². The van der Waals surface area contributed by atoms with E-state index in [9.17, 15) is 9.59 Å². The maximum atomic E-state index is 12.8. The van der Waals surface area contributed by atoms with Crippen LogP contribution in [0, 0.1) is 18.8 Å². The Morgan fingerprint density at radius 3 is 3.08 bits per heavy atom. The van der Waals surface area contributed by atoms with Crippen LogP contribution in [0.1, 0.15) is 23.8 Å². The summed E-state index contributed by atoms with van der Waals surface area (Å²) in [5, 5.41) is 5.11. The maximum Gasteiger partial charge on any atom is 0.230 e. The Morgan fingerprint density at radius 1 is 1.52 bits per heavy atom. The first-order valence-corrected chi connectivity index (χ1v) is 9.90. The van der Waals surface area contributed by atoms with Crippen molar-refractivity contribution in [2.24, 2.45) is 11.8 Å². The molecular weight excluding hydrogens is 336 g/mol. The van der Waals surface area contributed by atoms with Gasteiger partial charge < -0.3 is 15.0 Å². The highest BCUT2D eigenvalue weighted by molar-refractivity contribution is 7.10. The quantitative estimate of drug-likeness (QED) is 0.789. The summed E-state index contributed by atoms with van der Waals surface area (Å²) in [5.41, 5.74) is 0.689. The Balaban J connectivity index is 1.43. The van der Waals surface area contributed by atoms with Gasteiger partial charge in [-0.3, -0.25) is 9.59 Å². The van der Waals surface area contributed by atoms with Crippen LogP contribution in [0.3, 0.4) is 0 Å². The largest absolute Gasteiger partial charge is 0.360 e. The van der Waals surface area contributed by atoms with Gasteiger partial charge in [0, 0.05) is 18.0 Å². The first-order valence-electron chi connectivity index (χ1n) is 9.02. The molecule has 4 heterocycles. The number of nitrogens with one attached hydrogen (secondary N) is 1. The molecule has 0 radical (unpaired) electrons. The maximum absolute atomic E-state index is 12.8. The number of likely N-dealkylation sites (tertiary alicyclic amines) is 1. The van der Waals surface area contributed by atoms with Crippen LogP contribution in [-0.4, -0.2) is 48.1 Å². The molecule has 5 nitrogen and oxygen atoms in total. The van der Waals surface area contributed by atoms with E-state index in [0.29, 0.717) is 13.1 Å². The van der Waals surface area contributed by atoms with Crippen LogP contribution in [-0.2, 0) is 20.7 Å². The van der Waals surface area contributed by atoms with Crippen LogP contribution in [0.25, 0.3) is 0 Å². The normalized spacial score (nSPS) is 32.5. The molecule has 1 N–H and O–H groups in total. The van der Waals surface area contributed by atoms with Gasteiger partial charge in [-0.15, -0.1) is 11.3 Å². The summed E-state index contributed by atoms with van der Waals surface area (Å²) in [6.45, 7) is 6.05. The molecule has 1 aromatic rings. The van der Waals surface area contributed by atoms with Crippen molar-refractivity contribution in [3.05, 3.63) is 34.0 Å². The second kappa shape index (κ2) is 6.25. The minimum atomic E-state index is -0.580. The molecular formula is C19H24N2O3S. The lowest BCUT2D eigenvalue weighted by molar-refractivity contribution is -0.137. The Hall–Kier alpha value is -1.66. The molecule has 2 amide bonds. The summed E-state index contributed by atoms with van der Waals surface area (Å²) in [5.74, 6) is -0.744. The molecule has 3 aliphatic rings. The smallest absolute Gasteiger partial charge is 0.230 e. The molecule has 25 heavy (non-hydrogen) atoms. The summed E-state index contributed by atoms with van der Waals surface area (Å²) in [7, 11) is 0. The van der Waals surface area contributed by atoms with E-state index >= 15 is 0 Å². The predicted octanol–water partition coefficient (Wildman–Crippen LogP) is 1.91. The molecule has 134 valence electrons. The number of carbonyl (C=O) groups is 2. The highest BCUT2D eigenvalue weighted by atomic mass is 32.1. The average molecular weight is 360 g/mol. The number of amides is 2. The van der Waals surface area contributed by atoms with Gasteiger partial charge in [0.25, 0.3) is 0 Å². The average Bonchev–Trinajstić information content (AvgIpc) is 3.31. The van der Waals surface area contributed by atoms with E-state index in [1.165, 1.54) is 10.4 Å². The molecule has 4 atom stereocenters. The highest BCUT2D eigenvalue weighted by Crippen LogP contribution is 2.51. The summed E-state index contributed by atoms with van der Waals surface area (Å²) < 4.78 is 6.10. The number of carbonyl (C=O) groups excluding carboxylic acids is 2. The second-order valence-corrected chi connectivity index (χ2v) is 8.23. The summed E-state index contributed by atoms with van der Waals surface area (Å²) >= 11 is 1.72. The molecule has 1 aromatic heterocycles. The van der Waals surface area contributed by atoms with Gasteiger partial charge in [0.1, 0.15) is 5.60 Å². The Morgan fingerprint density at radius 2 is 2.36 bits per heavy atom. The van der Waals surface area contributed by atoms with Crippen LogP contribution >= 0.6 is 11.3 Å². The molecule has 0 aliphatic carbocycles. The number of fused-ring (bicyclic) bond motifs is 1. The zero-order chi connectivity index (χ0) is 17.6. The van der Waals surface area contributed by atoms with Crippen molar-refractivity contribution in [1.82, 2.24) is 10.2 Å². The highest BCUT2D eigenvalue weighted by Gasteiger charge is 2.66. The minimum absolute atomic E-state index is 0.0536. The van der Waals surface area contributed by atoms with Crippen molar-refractivity contribution >= 4 is 23.2 Å². The van der Waals surface area contributed by atoms with Crippen molar-refractivity contribution in [2.75, 3.05) is 19.6 Å². The fourth-order valence-corrected chi connectivity index (χ4v) is 5.32. The number of ether oxygens (including phenoxy) is 1. The third-order valence-electron chi connectivity index (χ3n) is 5.59. The van der Waals surface area contributed by atoms with Gasteiger partial charge in [0.05, 0.1) is 24.5 Å². The Labute approximate surface area is 152 Å². The molecule has 2 bridgehead atoms. The lowest BCUT2D eigenvalue weighted by Gasteiger charge is -2.23. The first-order chi connectivity index (χ1) is 12.1. The third kappa shape index (κ3) is 2.62. The lowest BCUT2D eigenvalue weighted by Crippen LogP contribution is -2.44. The summed E-state index contributed by atoms with van der Waals surface area (Å²) in [6.07, 6.45) is 5.45. The molecule has 2 fully saturated rings. The van der Waals surface area contributed by atoms with E-state index in [2.05, 4.69) is 30.6 Å². The number of hydrogen-bond donors (Lipinski definition) is 1. The standard InChI is InChI=1S/C19H24N2O3S/c1-3-9-21-11-19-7-4-13(24-19)15(16(19)18(21)23)17(22)20-8-5-14-12(2)6-10-25-14/h4,6-7,10,13,15-16H,3,5,8-9,11H2,1-2H3,(H,20,22)/t13?,15?,16?,19-/m0/s1. The van der Waals surface area contributed by atoms with Gasteiger partial charge in [-0.25, -0.2) is 0 Å². The summed E-state index contributed by atoms with van der Waals surface area (Å²) in [4.78, 5) is 28.8. The van der Waals surface area contributed by atoms with Gasteiger partial charge in [0.2, 0.25) is 11.8 Å². The van der Waals surface area contributed by atoms with Crippen LogP contribution in [0.5, 0.6) is 0 Å². The van der Waals surface area contributed by atoms with Gasteiger partial charge in [-0.1, -0.05) is 19.1 Å². The van der Waals surface area contributed by atoms with Crippen molar-refractivity contribution in [1.29, 1.82) is 0 Å². The first kappa shape index (κ1) is 16.8. The Bertz CT molecular complexity index is 728. The molecule has 0 saturated carbocycles. The van der Waals surface area contributed by atoms with E-state index in [-0.39, 0.29) is 23.8 Å². The van der Waals surface area contributed by atoms with Crippen LogP contribution in [0.15, 0.2) is 23.6 Å². The van der Waals surface area contributed by atoms with E-state index < -0.39 is 11.5 Å². The number of thiophene rings is 1. The van der Waals surface area contributed by atoms with Crippen molar-refractivity contribution in [3.63, 3.8) is 0 Å². The van der Waals surface area contributed by atoms with Crippen LogP contribution in [0.4, 0.5) is 0 Å². The topological polar surface area (TPSA) is 58.6 Å². The number of hydrogen-bond acceptors (Lipinski definition) is 4. The van der Waals surface area contributed by atoms with Crippen molar-refractivity contribution < 1.29 is 14.3 Å². The Kier molecular flexibility index (Phi) is 4.20. The number of aryl methyl sites for hydroxylation is 1. The van der Waals surface area contributed by atoms with Crippen molar-refractivity contribution in [2.45, 2.75) is 38.4 Å². The molecule has 3 aliphatic heterocycles. The van der Waals surface area contributed by atoms with E-state index in [1.54, 1.807) is 11.3 Å². The second-order valence-electron chi connectivity index (χ2n) is 7.23. The minimum Gasteiger partial charge on any atom is -0.360 e. The number of rotatable bonds is 6. The monoisotopic (exact) mass is 360 g/mol. The van der Waals surface area contributed by atoms with E-state index in [0.717, 1.165) is 19.4 Å².